The summed E-state index contributed by atoms with van der Waals surface area (Å²) in [5.41, 5.74) is 0. The lowest BCUT2D eigenvalue weighted by Crippen LogP contribution is -2.27. The van der Waals surface area contributed by atoms with Gasteiger partial charge in [-0.1, -0.05) is 11.8 Å². The minimum absolute atomic E-state index is 0.360. The summed E-state index contributed by atoms with van der Waals surface area (Å²) in [4.78, 5) is 0. The van der Waals surface area contributed by atoms with E-state index >= 15 is 0 Å². The number of sulfonamides is 1. The predicted molar refractivity (Wildman–Crippen MR) is 34.2 cm³/mol. The van der Waals surface area contributed by atoms with Crippen molar-refractivity contribution in [3.05, 3.63) is 0 Å². The van der Waals surface area contributed by atoms with E-state index in [1.807, 2.05) is 0 Å². The Morgan fingerprint density at radius 3 is 2.00 bits per heavy atom. The van der Waals surface area contributed by atoms with Gasteiger partial charge in [-0.25, -0.2) is 8.42 Å². The van der Waals surface area contributed by atoms with E-state index in [1.54, 1.807) is 0 Å². The van der Waals surface area contributed by atoms with Crippen LogP contribution >= 0.6 is 0 Å². The number of hydrogen-bond acceptors (Lipinski definition) is 2. The SMILES string of the molecule is CS(=O)(=O)N1CC#CC1. The molecule has 0 spiro atoms. The number of rotatable bonds is 1. The fourth-order valence-corrected chi connectivity index (χ4v) is 1.18. The average Bonchev–Trinajstić information content (AvgIpc) is 2.08. The quantitative estimate of drug-likeness (QED) is 0.456. The van der Waals surface area contributed by atoms with Gasteiger partial charge in [-0.3, -0.25) is 0 Å². The van der Waals surface area contributed by atoms with Gasteiger partial charge in [0.25, 0.3) is 0 Å². The van der Waals surface area contributed by atoms with Crippen molar-refractivity contribution in [2.75, 3.05) is 19.3 Å². The topological polar surface area (TPSA) is 37.4 Å². The van der Waals surface area contributed by atoms with Crippen LogP contribution in [0.2, 0.25) is 0 Å². The van der Waals surface area contributed by atoms with Crippen LogP contribution in [0.3, 0.4) is 0 Å². The molecule has 4 heteroatoms. The maximum absolute atomic E-state index is 10.7. The van der Waals surface area contributed by atoms with Crippen LogP contribution in [0.25, 0.3) is 0 Å². The van der Waals surface area contributed by atoms with Gasteiger partial charge in [0, 0.05) is 0 Å². The Morgan fingerprint density at radius 2 is 1.78 bits per heavy atom. The molecule has 0 aromatic rings. The molecule has 1 rings (SSSR count). The third kappa shape index (κ3) is 1.44. The van der Waals surface area contributed by atoms with Crippen LogP contribution < -0.4 is 0 Å². The second-order valence-electron chi connectivity index (χ2n) is 1.88. The van der Waals surface area contributed by atoms with Crippen LogP contribution in [0.1, 0.15) is 0 Å². The Balaban J connectivity index is 2.69. The molecule has 0 atom stereocenters. The number of nitrogens with zero attached hydrogens (tertiary/aromatic N) is 1. The fraction of sp³-hybridized carbons (Fsp3) is 0.600. The van der Waals surface area contributed by atoms with Crippen molar-refractivity contribution < 1.29 is 8.42 Å². The van der Waals surface area contributed by atoms with E-state index in [0.717, 1.165) is 0 Å². The third-order valence-electron chi connectivity index (χ3n) is 1.10. The molecule has 0 aliphatic carbocycles. The first-order valence-electron chi connectivity index (χ1n) is 2.51. The molecule has 0 N–H and O–H groups in total. The van der Waals surface area contributed by atoms with Gasteiger partial charge in [0.1, 0.15) is 0 Å². The Labute approximate surface area is 54.7 Å². The summed E-state index contributed by atoms with van der Waals surface area (Å²) in [6.45, 7) is 0.720. The predicted octanol–water partition coefficient (Wildman–Crippen LogP) is -0.735. The van der Waals surface area contributed by atoms with Gasteiger partial charge in [0.05, 0.1) is 19.3 Å². The first kappa shape index (κ1) is 6.59. The Morgan fingerprint density at radius 1 is 1.33 bits per heavy atom. The Bertz CT molecular complexity index is 246. The highest BCUT2D eigenvalue weighted by atomic mass is 32.2. The van der Waals surface area contributed by atoms with E-state index in [4.69, 9.17) is 0 Å². The van der Waals surface area contributed by atoms with Crippen molar-refractivity contribution in [2.45, 2.75) is 0 Å². The molecule has 0 amide bonds. The van der Waals surface area contributed by atoms with Crippen LogP contribution in [-0.4, -0.2) is 32.1 Å². The summed E-state index contributed by atoms with van der Waals surface area (Å²) in [6, 6.07) is 0. The monoisotopic (exact) mass is 145 g/mol. The summed E-state index contributed by atoms with van der Waals surface area (Å²) in [5, 5.41) is 0. The standard InChI is InChI=1S/C5H7NO2S/c1-9(7,8)6-4-2-3-5-6/h4-5H2,1H3. The van der Waals surface area contributed by atoms with Crippen LogP contribution in [0, 0.1) is 11.8 Å². The molecule has 0 fully saturated rings. The third-order valence-corrected chi connectivity index (χ3v) is 2.30. The molecule has 0 saturated heterocycles. The second-order valence-corrected chi connectivity index (χ2v) is 3.87. The maximum atomic E-state index is 10.7. The van der Waals surface area contributed by atoms with Gasteiger partial charge >= 0.3 is 0 Å². The van der Waals surface area contributed by atoms with Gasteiger partial charge in [-0.2, -0.15) is 4.31 Å². The number of hydrogen-bond donors (Lipinski definition) is 0. The van der Waals surface area contributed by atoms with E-state index in [-0.39, 0.29) is 0 Å². The summed E-state index contributed by atoms with van der Waals surface area (Å²) >= 11 is 0. The average molecular weight is 145 g/mol. The summed E-state index contributed by atoms with van der Waals surface area (Å²) in [6.07, 6.45) is 1.18. The lowest BCUT2D eigenvalue weighted by molar-refractivity contribution is 0.497. The highest BCUT2D eigenvalue weighted by molar-refractivity contribution is 7.88. The summed E-state index contributed by atoms with van der Waals surface area (Å²) in [5.74, 6) is 5.35. The molecule has 3 nitrogen and oxygen atoms in total. The lowest BCUT2D eigenvalue weighted by atomic mass is 10.7. The zero-order valence-electron chi connectivity index (χ0n) is 5.09. The molecule has 0 radical (unpaired) electrons. The lowest BCUT2D eigenvalue weighted by Gasteiger charge is -2.08. The largest absolute Gasteiger partial charge is 0.212 e. The second kappa shape index (κ2) is 2.01. The first-order chi connectivity index (χ1) is 4.11. The fourth-order valence-electron chi connectivity index (χ4n) is 0.579. The van der Waals surface area contributed by atoms with Gasteiger partial charge in [0.15, 0.2) is 0 Å². The van der Waals surface area contributed by atoms with Gasteiger partial charge < -0.3 is 0 Å². The summed E-state index contributed by atoms with van der Waals surface area (Å²) < 4.78 is 22.7. The molecule has 0 aromatic heterocycles. The van der Waals surface area contributed by atoms with Crippen molar-refractivity contribution in [2.24, 2.45) is 0 Å². The van der Waals surface area contributed by atoms with Crippen molar-refractivity contribution >= 4 is 10.0 Å². The van der Waals surface area contributed by atoms with Crippen LogP contribution in [-0.2, 0) is 10.0 Å². The molecule has 50 valence electrons. The summed E-state index contributed by atoms with van der Waals surface area (Å²) in [7, 11) is -2.99. The smallest absolute Gasteiger partial charge is 0.212 e. The maximum Gasteiger partial charge on any atom is 0.212 e. The Hall–Kier alpha value is -0.530. The molecule has 0 aromatic carbocycles. The normalized spacial score (nSPS) is 19.2. The van der Waals surface area contributed by atoms with E-state index in [0.29, 0.717) is 13.1 Å². The minimum atomic E-state index is -2.99. The first-order valence-corrected chi connectivity index (χ1v) is 4.36. The Kier molecular flexibility index (Phi) is 1.47. The van der Waals surface area contributed by atoms with Crippen LogP contribution in [0.5, 0.6) is 0 Å². The molecular formula is C5H7NO2S. The molecule has 0 saturated carbocycles. The van der Waals surface area contributed by atoms with Crippen molar-refractivity contribution in [1.29, 1.82) is 0 Å². The van der Waals surface area contributed by atoms with Crippen LogP contribution in [0.4, 0.5) is 0 Å². The molecule has 1 aliphatic heterocycles. The highest BCUT2D eigenvalue weighted by Crippen LogP contribution is 1.98. The molecular weight excluding hydrogens is 138 g/mol. The molecule has 9 heavy (non-hydrogen) atoms. The molecule has 0 bridgehead atoms. The zero-order valence-corrected chi connectivity index (χ0v) is 5.90. The van der Waals surface area contributed by atoms with Crippen molar-refractivity contribution in [1.82, 2.24) is 4.31 Å². The van der Waals surface area contributed by atoms with Crippen LogP contribution in [0.15, 0.2) is 0 Å². The van der Waals surface area contributed by atoms with E-state index < -0.39 is 10.0 Å². The zero-order chi connectivity index (χ0) is 6.91. The van der Waals surface area contributed by atoms with Crippen molar-refractivity contribution in [3.63, 3.8) is 0 Å². The highest BCUT2D eigenvalue weighted by Gasteiger charge is 2.15. The molecule has 1 heterocycles. The molecule has 1 aliphatic rings. The van der Waals surface area contributed by atoms with Gasteiger partial charge in [-0.15, -0.1) is 0 Å². The molecule has 0 unspecified atom stereocenters. The van der Waals surface area contributed by atoms with E-state index in [1.165, 1.54) is 10.6 Å². The van der Waals surface area contributed by atoms with Gasteiger partial charge in [0.2, 0.25) is 10.0 Å². The van der Waals surface area contributed by atoms with Crippen molar-refractivity contribution in [3.8, 4) is 11.8 Å². The van der Waals surface area contributed by atoms with Gasteiger partial charge in [-0.05, 0) is 0 Å². The minimum Gasteiger partial charge on any atom is -0.212 e. The van der Waals surface area contributed by atoms with E-state index in [9.17, 15) is 8.42 Å². The van der Waals surface area contributed by atoms with E-state index in [2.05, 4.69) is 11.8 Å².